The third-order valence-electron chi connectivity index (χ3n) is 6.00. The summed E-state index contributed by atoms with van der Waals surface area (Å²) < 4.78 is 5.29. The number of nitrogens with one attached hydrogen (secondary N) is 3. The quantitative estimate of drug-likeness (QED) is 0.208. The monoisotopic (exact) mass is 485 g/mol. The average Bonchev–Trinajstić information content (AvgIpc) is 2.92. The molecule has 0 bridgehead atoms. The van der Waals surface area contributed by atoms with E-state index in [-0.39, 0.29) is 18.2 Å². The maximum atomic E-state index is 14.0. The van der Waals surface area contributed by atoms with Crippen molar-refractivity contribution in [2.75, 3.05) is 24.3 Å². The molecule has 0 radical (unpaired) electrons. The molecule has 36 heavy (non-hydrogen) atoms. The van der Waals surface area contributed by atoms with Crippen LogP contribution in [-0.4, -0.2) is 25.5 Å². The first-order valence-electron chi connectivity index (χ1n) is 12.3. The Labute approximate surface area is 213 Å². The fourth-order valence-corrected chi connectivity index (χ4v) is 3.99. The van der Waals surface area contributed by atoms with E-state index in [1.807, 2.05) is 84.9 Å². The van der Waals surface area contributed by atoms with Crippen molar-refractivity contribution in [3.05, 3.63) is 103 Å². The molecule has 0 aromatic heterocycles. The second kappa shape index (κ2) is 13.1. The summed E-state index contributed by atoms with van der Waals surface area (Å²) in [5, 5.41) is 9.41. The SMILES string of the molecule is C=C(CC(Nc1ccc(OC)cc1)(C(=O)Nc1ccccc1)c1ccccc1)C(=O)NCCCCC. The van der Waals surface area contributed by atoms with Crippen molar-refractivity contribution in [2.24, 2.45) is 0 Å². The van der Waals surface area contributed by atoms with Gasteiger partial charge in [-0.3, -0.25) is 9.59 Å². The van der Waals surface area contributed by atoms with Gasteiger partial charge in [-0.25, -0.2) is 0 Å². The van der Waals surface area contributed by atoms with Crippen molar-refractivity contribution in [2.45, 2.75) is 38.1 Å². The molecule has 0 saturated carbocycles. The molecule has 188 valence electrons. The van der Waals surface area contributed by atoms with Crippen molar-refractivity contribution in [1.29, 1.82) is 0 Å². The summed E-state index contributed by atoms with van der Waals surface area (Å²) >= 11 is 0. The van der Waals surface area contributed by atoms with Crippen molar-refractivity contribution in [3.8, 4) is 5.75 Å². The number of methoxy groups -OCH3 is 1. The van der Waals surface area contributed by atoms with Crippen molar-refractivity contribution >= 4 is 23.2 Å². The van der Waals surface area contributed by atoms with Gasteiger partial charge in [-0.2, -0.15) is 0 Å². The molecule has 0 spiro atoms. The van der Waals surface area contributed by atoms with Crippen LogP contribution in [0.25, 0.3) is 0 Å². The lowest BCUT2D eigenvalue weighted by Gasteiger charge is -2.35. The van der Waals surface area contributed by atoms with Crippen molar-refractivity contribution in [3.63, 3.8) is 0 Å². The second-order valence-corrected chi connectivity index (χ2v) is 8.69. The molecule has 3 aromatic carbocycles. The molecule has 3 aromatic rings. The van der Waals surface area contributed by atoms with Crippen LogP contribution in [0.5, 0.6) is 5.75 Å². The van der Waals surface area contributed by atoms with Crippen LogP contribution in [0.2, 0.25) is 0 Å². The largest absolute Gasteiger partial charge is 0.497 e. The second-order valence-electron chi connectivity index (χ2n) is 8.69. The Bertz CT molecular complexity index is 1130. The number of hydrogen-bond donors (Lipinski definition) is 3. The maximum Gasteiger partial charge on any atom is 0.255 e. The lowest BCUT2D eigenvalue weighted by Crippen LogP contribution is -2.48. The highest BCUT2D eigenvalue weighted by Crippen LogP contribution is 2.35. The summed E-state index contributed by atoms with van der Waals surface area (Å²) in [6, 6.07) is 26.0. The van der Waals surface area contributed by atoms with Crippen molar-refractivity contribution in [1.82, 2.24) is 5.32 Å². The Kier molecular flexibility index (Phi) is 9.69. The average molecular weight is 486 g/mol. The Morgan fingerprint density at radius 1 is 0.861 bits per heavy atom. The number of ether oxygens (including phenoxy) is 1. The molecule has 1 atom stereocenters. The molecular weight excluding hydrogens is 450 g/mol. The van der Waals surface area contributed by atoms with Gasteiger partial charge in [0.05, 0.1) is 7.11 Å². The Morgan fingerprint density at radius 2 is 1.50 bits per heavy atom. The Morgan fingerprint density at radius 3 is 2.11 bits per heavy atom. The standard InChI is InChI=1S/C30H35N3O3/c1-4-5-12-21-31-28(34)23(2)22-30(24-13-8-6-9-14-24,29(35)32-25-15-10-7-11-16-25)33-26-17-19-27(36-3)20-18-26/h6-11,13-20,33H,2,4-5,12,21-22H2,1,3H3,(H,31,34)(H,32,35). The molecule has 6 nitrogen and oxygen atoms in total. The van der Waals surface area contributed by atoms with E-state index in [1.165, 1.54) is 0 Å². The normalized spacial score (nSPS) is 12.2. The third kappa shape index (κ3) is 6.98. The van der Waals surface area contributed by atoms with Crippen molar-refractivity contribution < 1.29 is 14.3 Å². The highest BCUT2D eigenvalue weighted by Gasteiger charge is 2.42. The molecule has 0 aliphatic heterocycles. The minimum atomic E-state index is -1.30. The molecule has 2 amide bonds. The lowest BCUT2D eigenvalue weighted by atomic mass is 9.82. The zero-order valence-electron chi connectivity index (χ0n) is 21.1. The van der Waals surface area contributed by atoms with Gasteiger partial charge < -0.3 is 20.7 Å². The number of benzene rings is 3. The van der Waals surface area contributed by atoms with Crippen LogP contribution in [0.4, 0.5) is 11.4 Å². The summed E-state index contributed by atoms with van der Waals surface area (Å²) in [6.07, 6.45) is 3.08. The van der Waals surface area contributed by atoms with Gasteiger partial charge in [0.15, 0.2) is 0 Å². The van der Waals surface area contributed by atoms with Gasteiger partial charge in [-0.15, -0.1) is 0 Å². The highest BCUT2D eigenvalue weighted by molar-refractivity contribution is 6.03. The van der Waals surface area contributed by atoms with Gasteiger partial charge in [-0.1, -0.05) is 74.9 Å². The zero-order chi connectivity index (χ0) is 25.8. The molecule has 3 N–H and O–H groups in total. The summed E-state index contributed by atoms with van der Waals surface area (Å²) in [5.41, 5.74) is 1.10. The molecule has 3 rings (SSSR count). The number of para-hydroxylation sites is 1. The number of anilines is 2. The first-order valence-corrected chi connectivity index (χ1v) is 12.3. The predicted octanol–water partition coefficient (Wildman–Crippen LogP) is 5.89. The van der Waals surface area contributed by atoms with E-state index in [0.29, 0.717) is 34.8 Å². The molecular formula is C30H35N3O3. The minimum absolute atomic E-state index is 0.0708. The first-order chi connectivity index (χ1) is 17.5. The number of carbonyl (C=O) groups excluding carboxylic acids is 2. The smallest absolute Gasteiger partial charge is 0.255 e. The van der Waals surface area contributed by atoms with E-state index in [9.17, 15) is 9.59 Å². The van der Waals surface area contributed by atoms with E-state index < -0.39 is 5.54 Å². The molecule has 0 saturated heterocycles. The van der Waals surface area contributed by atoms with Gasteiger partial charge in [0.25, 0.3) is 5.91 Å². The Hall–Kier alpha value is -4.06. The minimum Gasteiger partial charge on any atom is -0.497 e. The molecule has 6 heteroatoms. The number of amides is 2. The molecule has 0 aliphatic carbocycles. The first kappa shape index (κ1) is 26.5. The van der Waals surface area contributed by atoms with Crippen LogP contribution in [0.1, 0.15) is 38.2 Å². The number of unbranched alkanes of at least 4 members (excludes halogenated alkanes) is 2. The van der Waals surface area contributed by atoms with Crippen LogP contribution < -0.4 is 20.7 Å². The predicted molar refractivity (Wildman–Crippen MR) is 146 cm³/mol. The van der Waals surface area contributed by atoms with Gasteiger partial charge in [-0.05, 0) is 48.4 Å². The fraction of sp³-hybridized carbons (Fsp3) is 0.267. The van der Waals surface area contributed by atoms with Gasteiger partial charge in [0.1, 0.15) is 11.3 Å². The molecule has 1 unspecified atom stereocenters. The summed E-state index contributed by atoms with van der Waals surface area (Å²) in [7, 11) is 1.60. The van der Waals surface area contributed by atoms with E-state index in [0.717, 1.165) is 19.3 Å². The van der Waals surface area contributed by atoms with Gasteiger partial charge in [0, 0.05) is 29.9 Å². The van der Waals surface area contributed by atoms with Gasteiger partial charge >= 0.3 is 0 Å². The zero-order valence-corrected chi connectivity index (χ0v) is 21.1. The number of carbonyl (C=O) groups is 2. The van der Waals surface area contributed by atoms with Crippen LogP contribution in [0.15, 0.2) is 97.1 Å². The highest BCUT2D eigenvalue weighted by atomic mass is 16.5. The Balaban J connectivity index is 1.99. The van der Waals surface area contributed by atoms with E-state index in [2.05, 4.69) is 29.5 Å². The molecule has 0 heterocycles. The third-order valence-corrected chi connectivity index (χ3v) is 6.00. The maximum absolute atomic E-state index is 14.0. The summed E-state index contributed by atoms with van der Waals surface area (Å²) in [6.45, 7) is 6.76. The van der Waals surface area contributed by atoms with E-state index in [4.69, 9.17) is 4.74 Å². The van der Waals surface area contributed by atoms with E-state index >= 15 is 0 Å². The van der Waals surface area contributed by atoms with Gasteiger partial charge in [0.2, 0.25) is 5.91 Å². The van der Waals surface area contributed by atoms with Crippen LogP contribution in [0.3, 0.4) is 0 Å². The van der Waals surface area contributed by atoms with Crippen LogP contribution >= 0.6 is 0 Å². The fourth-order valence-electron chi connectivity index (χ4n) is 3.99. The molecule has 0 fully saturated rings. The lowest BCUT2D eigenvalue weighted by molar-refractivity contribution is -0.121. The van der Waals surface area contributed by atoms with Crippen LogP contribution in [0, 0.1) is 0 Å². The summed E-state index contributed by atoms with van der Waals surface area (Å²) in [5.74, 6) is 0.154. The topological polar surface area (TPSA) is 79.5 Å². The number of rotatable bonds is 13. The summed E-state index contributed by atoms with van der Waals surface area (Å²) in [4.78, 5) is 27.0. The van der Waals surface area contributed by atoms with Crippen LogP contribution in [-0.2, 0) is 15.1 Å². The molecule has 0 aliphatic rings. The van der Waals surface area contributed by atoms with E-state index in [1.54, 1.807) is 7.11 Å². The number of hydrogen-bond acceptors (Lipinski definition) is 4.